The maximum atomic E-state index is 12.0. The van der Waals surface area contributed by atoms with Crippen molar-refractivity contribution in [1.29, 1.82) is 0 Å². The van der Waals surface area contributed by atoms with E-state index >= 15 is 0 Å². The van der Waals surface area contributed by atoms with Crippen LogP contribution >= 0.6 is 0 Å². The van der Waals surface area contributed by atoms with E-state index in [1.807, 2.05) is 0 Å². The molecule has 0 spiro atoms. The largest absolute Gasteiger partial charge is 0.477 e. The third kappa shape index (κ3) is 3.64. The number of rotatable bonds is 5. The zero-order valence-electron chi connectivity index (χ0n) is 13.8. The molecule has 134 valence electrons. The van der Waals surface area contributed by atoms with Gasteiger partial charge in [0.2, 0.25) is 11.8 Å². The van der Waals surface area contributed by atoms with Crippen molar-refractivity contribution in [3.05, 3.63) is 42.4 Å². The van der Waals surface area contributed by atoms with Crippen molar-refractivity contribution in [1.82, 2.24) is 15.0 Å². The molecule has 1 heterocycles. The second-order valence-electron chi connectivity index (χ2n) is 5.06. The minimum absolute atomic E-state index is 0.0269. The summed E-state index contributed by atoms with van der Waals surface area (Å²) >= 11 is 0. The molecule has 0 aliphatic carbocycles. The van der Waals surface area contributed by atoms with E-state index in [0.717, 1.165) is 25.2 Å². The van der Waals surface area contributed by atoms with Crippen LogP contribution in [0.5, 0.6) is 0 Å². The van der Waals surface area contributed by atoms with Gasteiger partial charge in [-0.25, -0.2) is 24.6 Å². The van der Waals surface area contributed by atoms with Gasteiger partial charge in [0.1, 0.15) is 6.33 Å². The summed E-state index contributed by atoms with van der Waals surface area (Å²) in [7, 11) is 0. The molecule has 2 amide bonds. The van der Waals surface area contributed by atoms with E-state index in [-0.39, 0.29) is 5.82 Å². The Kier molecular flexibility index (Phi) is 5.26. The Labute approximate surface area is 147 Å². The van der Waals surface area contributed by atoms with Crippen LogP contribution in [0.1, 0.15) is 13.8 Å². The van der Waals surface area contributed by atoms with E-state index in [1.54, 1.807) is 24.3 Å². The van der Waals surface area contributed by atoms with E-state index in [4.69, 9.17) is 10.2 Å². The van der Waals surface area contributed by atoms with Crippen molar-refractivity contribution in [2.45, 2.75) is 13.8 Å². The number of benzene rings is 1. The zero-order chi connectivity index (χ0) is 19.4. The van der Waals surface area contributed by atoms with Crippen LogP contribution in [0, 0.1) is 0 Å². The molecule has 0 atom stereocenters. The van der Waals surface area contributed by atoms with Gasteiger partial charge >= 0.3 is 11.9 Å². The Morgan fingerprint density at radius 2 is 1.54 bits per heavy atom. The number of amides is 2. The predicted molar refractivity (Wildman–Crippen MR) is 88.6 cm³/mol. The van der Waals surface area contributed by atoms with Gasteiger partial charge in [-0.2, -0.15) is 5.01 Å². The van der Waals surface area contributed by atoms with Crippen LogP contribution in [-0.2, 0) is 19.2 Å². The number of anilines is 1. The van der Waals surface area contributed by atoms with E-state index in [0.29, 0.717) is 22.1 Å². The number of carbonyl (C=O) groups is 4. The average Bonchev–Trinajstić information content (AvgIpc) is 2.56. The molecule has 0 saturated carbocycles. The number of para-hydroxylation sites is 1. The van der Waals surface area contributed by atoms with Gasteiger partial charge in [0.05, 0.1) is 11.7 Å². The molecule has 0 aliphatic rings. The molecule has 2 N–H and O–H groups in total. The number of nitrogens with zero attached hydrogens (tertiary/aromatic N) is 4. The highest BCUT2D eigenvalue weighted by Crippen LogP contribution is 2.25. The van der Waals surface area contributed by atoms with E-state index in [9.17, 15) is 19.2 Å². The van der Waals surface area contributed by atoms with Crippen molar-refractivity contribution in [2.75, 3.05) is 5.01 Å². The normalized spacial score (nSPS) is 10.1. The molecule has 0 fully saturated rings. The summed E-state index contributed by atoms with van der Waals surface area (Å²) < 4.78 is 0. The monoisotopic (exact) mass is 358 g/mol. The van der Waals surface area contributed by atoms with Crippen molar-refractivity contribution >= 4 is 40.5 Å². The Hall–Kier alpha value is -3.82. The van der Waals surface area contributed by atoms with Gasteiger partial charge < -0.3 is 10.2 Å². The van der Waals surface area contributed by atoms with E-state index < -0.39 is 29.3 Å². The van der Waals surface area contributed by atoms with E-state index in [2.05, 4.69) is 9.97 Å². The number of hydrogen-bond acceptors (Lipinski definition) is 7. The molecular formula is C16H14N4O6. The van der Waals surface area contributed by atoms with Gasteiger partial charge in [0.25, 0.3) is 0 Å². The minimum Gasteiger partial charge on any atom is -0.477 e. The number of aromatic nitrogens is 2. The summed E-state index contributed by atoms with van der Waals surface area (Å²) in [4.78, 5) is 54.4. The molecule has 0 radical (unpaired) electrons. The maximum Gasteiger partial charge on any atom is 0.344 e. The number of fused-ring (bicyclic) bond motifs is 1. The van der Waals surface area contributed by atoms with Crippen molar-refractivity contribution in [3.8, 4) is 0 Å². The van der Waals surface area contributed by atoms with Crippen LogP contribution < -0.4 is 5.01 Å². The minimum atomic E-state index is -1.74. The predicted octanol–water partition coefficient (Wildman–Crippen LogP) is 0.799. The van der Waals surface area contributed by atoms with Crippen molar-refractivity contribution in [2.24, 2.45) is 0 Å². The van der Waals surface area contributed by atoms with Crippen LogP contribution in [0.4, 0.5) is 5.82 Å². The Balaban J connectivity index is 2.81. The lowest BCUT2D eigenvalue weighted by Gasteiger charge is -2.30. The quantitative estimate of drug-likeness (QED) is 0.343. The fourth-order valence-corrected chi connectivity index (χ4v) is 2.24. The highest BCUT2D eigenvalue weighted by molar-refractivity contribution is 6.13. The molecule has 0 saturated heterocycles. The summed E-state index contributed by atoms with van der Waals surface area (Å²) in [6, 6.07) is 6.58. The summed E-state index contributed by atoms with van der Waals surface area (Å²) in [5.41, 5.74) is -0.602. The Bertz CT molecular complexity index is 904. The molecule has 2 rings (SSSR count). The fourth-order valence-electron chi connectivity index (χ4n) is 2.24. The molecule has 10 heteroatoms. The lowest BCUT2D eigenvalue weighted by atomic mass is 10.2. The van der Waals surface area contributed by atoms with Crippen LogP contribution in [0.15, 0.2) is 42.4 Å². The highest BCUT2D eigenvalue weighted by Gasteiger charge is 2.28. The average molecular weight is 358 g/mol. The van der Waals surface area contributed by atoms with E-state index in [1.165, 1.54) is 0 Å². The van der Waals surface area contributed by atoms with Crippen LogP contribution in [0.2, 0.25) is 0 Å². The zero-order valence-corrected chi connectivity index (χ0v) is 13.8. The molecule has 0 unspecified atom stereocenters. The second kappa shape index (κ2) is 7.38. The first-order valence-corrected chi connectivity index (χ1v) is 7.22. The van der Waals surface area contributed by atoms with Crippen LogP contribution in [-0.4, -0.2) is 48.9 Å². The van der Waals surface area contributed by atoms with Crippen LogP contribution in [0.3, 0.4) is 0 Å². The summed E-state index contributed by atoms with van der Waals surface area (Å²) in [6.07, 6.45) is 1.81. The molecule has 26 heavy (non-hydrogen) atoms. The number of hydrazine groups is 1. The van der Waals surface area contributed by atoms with Crippen molar-refractivity contribution < 1.29 is 29.4 Å². The molecule has 0 aliphatic heterocycles. The molecule has 0 bridgehead atoms. The third-order valence-corrected chi connectivity index (χ3v) is 3.26. The van der Waals surface area contributed by atoms with Gasteiger partial charge in [-0.1, -0.05) is 12.1 Å². The Morgan fingerprint density at radius 1 is 0.962 bits per heavy atom. The number of aliphatic carboxylic acids is 2. The maximum absolute atomic E-state index is 12.0. The highest BCUT2D eigenvalue weighted by atomic mass is 16.4. The summed E-state index contributed by atoms with van der Waals surface area (Å²) in [5, 5.41) is 20.0. The lowest BCUT2D eigenvalue weighted by Crippen LogP contribution is -2.46. The number of carboxylic acid groups (broad SMARTS) is 2. The second-order valence-corrected chi connectivity index (χ2v) is 5.06. The first-order valence-electron chi connectivity index (χ1n) is 7.22. The fraction of sp³-hybridized carbons (Fsp3) is 0.125. The summed E-state index contributed by atoms with van der Waals surface area (Å²) in [6.45, 7) is 2.15. The number of imide groups is 1. The lowest BCUT2D eigenvalue weighted by molar-refractivity contribution is -0.144. The van der Waals surface area contributed by atoms with Gasteiger partial charge in [0.15, 0.2) is 11.4 Å². The third-order valence-electron chi connectivity index (χ3n) is 3.26. The van der Waals surface area contributed by atoms with Gasteiger partial charge in [-0.05, 0) is 12.1 Å². The first-order chi connectivity index (χ1) is 12.2. The smallest absolute Gasteiger partial charge is 0.344 e. The first kappa shape index (κ1) is 18.5. The van der Waals surface area contributed by atoms with Crippen LogP contribution in [0.25, 0.3) is 10.9 Å². The molecule has 1 aromatic heterocycles. The van der Waals surface area contributed by atoms with Gasteiger partial charge in [0, 0.05) is 19.2 Å². The van der Waals surface area contributed by atoms with Gasteiger partial charge in [-0.15, -0.1) is 0 Å². The molecule has 2 aromatic rings. The standard InChI is InChI=1S/C16H14N4O6/c1-9(21)20(10(2)22)19(7-12(15(23)24)16(25)26)14-11-5-3-4-6-13(11)17-8-18-14/h3-8H,1-2H3,(H,23,24)(H,25,26). The molecular weight excluding hydrogens is 344 g/mol. The Morgan fingerprint density at radius 3 is 2.08 bits per heavy atom. The van der Waals surface area contributed by atoms with Crippen molar-refractivity contribution in [3.63, 3.8) is 0 Å². The SMILES string of the molecule is CC(=O)N(C(C)=O)N(C=C(C(=O)O)C(=O)O)c1ncnc2ccccc12. The molecule has 1 aromatic carbocycles. The number of carboxylic acids is 2. The summed E-state index contributed by atoms with van der Waals surface area (Å²) in [5.74, 6) is -5.03. The molecule has 10 nitrogen and oxygen atoms in total. The number of carbonyl (C=O) groups excluding carboxylic acids is 2. The topological polar surface area (TPSA) is 141 Å². The van der Waals surface area contributed by atoms with Gasteiger partial charge in [-0.3, -0.25) is 9.59 Å². The number of hydrogen-bond donors (Lipinski definition) is 2.